The molecule has 20 heavy (non-hydrogen) atoms. The first-order valence-electron chi connectivity index (χ1n) is 7.34. The smallest absolute Gasteiger partial charge is 0.253 e. The number of benzene rings is 1. The van der Waals surface area contributed by atoms with E-state index in [0.29, 0.717) is 5.56 Å². The zero-order valence-corrected chi connectivity index (χ0v) is 11.9. The van der Waals surface area contributed by atoms with Crippen LogP contribution in [0.2, 0.25) is 0 Å². The number of para-hydroxylation sites is 1. The van der Waals surface area contributed by atoms with E-state index in [1.165, 1.54) is 19.3 Å². The van der Waals surface area contributed by atoms with Crippen LogP contribution in [0.4, 0.5) is 0 Å². The van der Waals surface area contributed by atoms with E-state index in [1.807, 2.05) is 30.3 Å². The molecule has 3 heteroatoms. The summed E-state index contributed by atoms with van der Waals surface area (Å²) in [7, 11) is 0. The van der Waals surface area contributed by atoms with Gasteiger partial charge >= 0.3 is 0 Å². The molecule has 1 aliphatic rings. The SMILES string of the molecule is CC1(NC(=O)c2cccc3cccnc23)CCCCC1. The molecular formula is C17H20N2O. The van der Waals surface area contributed by atoms with E-state index >= 15 is 0 Å². The largest absolute Gasteiger partial charge is 0.347 e. The molecule has 0 bridgehead atoms. The van der Waals surface area contributed by atoms with Crippen molar-refractivity contribution >= 4 is 16.8 Å². The van der Waals surface area contributed by atoms with Gasteiger partial charge in [-0.1, -0.05) is 37.5 Å². The minimum atomic E-state index is -0.0632. The van der Waals surface area contributed by atoms with Crippen LogP contribution in [0.15, 0.2) is 36.5 Å². The van der Waals surface area contributed by atoms with Crippen molar-refractivity contribution in [3.8, 4) is 0 Å². The topological polar surface area (TPSA) is 42.0 Å². The van der Waals surface area contributed by atoms with E-state index in [0.717, 1.165) is 23.7 Å². The van der Waals surface area contributed by atoms with Gasteiger partial charge in [0.15, 0.2) is 0 Å². The summed E-state index contributed by atoms with van der Waals surface area (Å²) >= 11 is 0. The molecule has 0 spiro atoms. The van der Waals surface area contributed by atoms with Crippen LogP contribution in [0.3, 0.4) is 0 Å². The first-order valence-corrected chi connectivity index (χ1v) is 7.34. The number of aromatic nitrogens is 1. The molecule has 1 aromatic heterocycles. The number of carbonyl (C=O) groups excluding carboxylic acids is 1. The van der Waals surface area contributed by atoms with Gasteiger partial charge < -0.3 is 5.32 Å². The van der Waals surface area contributed by atoms with Crippen molar-refractivity contribution in [3.05, 3.63) is 42.1 Å². The lowest BCUT2D eigenvalue weighted by molar-refractivity contribution is 0.0884. The van der Waals surface area contributed by atoms with E-state index < -0.39 is 0 Å². The first-order chi connectivity index (χ1) is 9.68. The van der Waals surface area contributed by atoms with Crippen LogP contribution in [0, 0.1) is 0 Å². The number of carbonyl (C=O) groups is 1. The Morgan fingerprint density at radius 3 is 2.70 bits per heavy atom. The molecule has 3 rings (SSSR count). The molecule has 1 amide bonds. The minimum absolute atomic E-state index is 0.00120. The van der Waals surface area contributed by atoms with E-state index in [1.54, 1.807) is 6.20 Å². The number of pyridine rings is 1. The normalized spacial score (nSPS) is 17.9. The fourth-order valence-electron chi connectivity index (χ4n) is 3.09. The number of rotatable bonds is 2. The monoisotopic (exact) mass is 268 g/mol. The maximum Gasteiger partial charge on any atom is 0.253 e. The highest BCUT2D eigenvalue weighted by Gasteiger charge is 2.29. The third kappa shape index (κ3) is 2.53. The Balaban J connectivity index is 1.89. The van der Waals surface area contributed by atoms with E-state index in [-0.39, 0.29) is 11.4 Å². The molecule has 1 heterocycles. The van der Waals surface area contributed by atoms with Crippen LogP contribution in [0.1, 0.15) is 49.4 Å². The average molecular weight is 268 g/mol. The van der Waals surface area contributed by atoms with Crippen molar-refractivity contribution in [1.29, 1.82) is 0 Å². The molecule has 104 valence electrons. The van der Waals surface area contributed by atoms with Gasteiger partial charge in [0.05, 0.1) is 11.1 Å². The molecular weight excluding hydrogens is 248 g/mol. The first kappa shape index (κ1) is 13.1. The third-order valence-electron chi connectivity index (χ3n) is 4.25. The van der Waals surface area contributed by atoms with Crippen LogP contribution in [0.25, 0.3) is 10.9 Å². The second-order valence-corrected chi connectivity index (χ2v) is 5.96. The van der Waals surface area contributed by atoms with Crippen molar-refractivity contribution in [2.75, 3.05) is 0 Å². The molecule has 0 radical (unpaired) electrons. The molecule has 0 aliphatic heterocycles. The molecule has 3 nitrogen and oxygen atoms in total. The molecule has 0 unspecified atom stereocenters. The highest BCUT2D eigenvalue weighted by Crippen LogP contribution is 2.28. The lowest BCUT2D eigenvalue weighted by Crippen LogP contribution is -2.47. The van der Waals surface area contributed by atoms with E-state index in [2.05, 4.69) is 17.2 Å². The second kappa shape index (κ2) is 5.23. The Morgan fingerprint density at radius 1 is 1.15 bits per heavy atom. The summed E-state index contributed by atoms with van der Waals surface area (Å²) < 4.78 is 0. The Labute approximate surface area is 119 Å². The van der Waals surface area contributed by atoms with Gasteiger partial charge in [-0.25, -0.2) is 0 Å². The van der Waals surface area contributed by atoms with Gasteiger partial charge in [0.25, 0.3) is 5.91 Å². The molecule has 2 aromatic rings. The summed E-state index contributed by atoms with van der Waals surface area (Å²) in [5.41, 5.74) is 1.40. The zero-order chi connectivity index (χ0) is 14.0. The fourth-order valence-corrected chi connectivity index (χ4v) is 3.09. The van der Waals surface area contributed by atoms with Crippen LogP contribution in [-0.2, 0) is 0 Å². The number of amides is 1. The summed E-state index contributed by atoms with van der Waals surface area (Å²) in [5, 5.41) is 4.23. The van der Waals surface area contributed by atoms with E-state index in [4.69, 9.17) is 0 Å². The predicted molar refractivity (Wildman–Crippen MR) is 80.7 cm³/mol. The number of hydrogen-bond acceptors (Lipinski definition) is 2. The number of fused-ring (bicyclic) bond motifs is 1. The highest BCUT2D eigenvalue weighted by atomic mass is 16.1. The van der Waals surface area contributed by atoms with Crippen LogP contribution < -0.4 is 5.32 Å². The van der Waals surface area contributed by atoms with Gasteiger partial charge in [0, 0.05) is 17.1 Å². The fraction of sp³-hybridized carbons (Fsp3) is 0.412. The molecule has 0 saturated heterocycles. The van der Waals surface area contributed by atoms with E-state index in [9.17, 15) is 4.79 Å². The highest BCUT2D eigenvalue weighted by molar-refractivity contribution is 6.05. The molecule has 1 fully saturated rings. The van der Waals surface area contributed by atoms with Gasteiger partial charge in [-0.2, -0.15) is 0 Å². The zero-order valence-electron chi connectivity index (χ0n) is 11.9. The van der Waals surface area contributed by atoms with Gasteiger partial charge in [-0.3, -0.25) is 9.78 Å². The summed E-state index contributed by atoms with van der Waals surface area (Å²) in [6, 6.07) is 9.65. The summed E-state index contributed by atoms with van der Waals surface area (Å²) in [6.07, 6.45) is 7.55. The molecule has 0 atom stereocenters. The second-order valence-electron chi connectivity index (χ2n) is 5.96. The summed E-state index contributed by atoms with van der Waals surface area (Å²) in [6.45, 7) is 2.16. The Hall–Kier alpha value is -1.90. The Bertz CT molecular complexity index is 624. The number of nitrogens with one attached hydrogen (secondary N) is 1. The third-order valence-corrected chi connectivity index (χ3v) is 4.25. The number of nitrogens with zero attached hydrogens (tertiary/aromatic N) is 1. The average Bonchev–Trinajstić information content (AvgIpc) is 2.47. The quantitative estimate of drug-likeness (QED) is 0.902. The predicted octanol–water partition coefficient (Wildman–Crippen LogP) is 3.69. The van der Waals surface area contributed by atoms with Crippen LogP contribution in [0.5, 0.6) is 0 Å². The van der Waals surface area contributed by atoms with Crippen molar-refractivity contribution in [3.63, 3.8) is 0 Å². The molecule has 1 N–H and O–H groups in total. The molecule has 1 saturated carbocycles. The Morgan fingerprint density at radius 2 is 1.90 bits per heavy atom. The maximum absolute atomic E-state index is 12.6. The summed E-state index contributed by atoms with van der Waals surface area (Å²) in [4.78, 5) is 16.9. The lowest BCUT2D eigenvalue weighted by Gasteiger charge is -2.34. The van der Waals surface area contributed by atoms with Crippen molar-refractivity contribution in [1.82, 2.24) is 10.3 Å². The molecule has 1 aliphatic carbocycles. The van der Waals surface area contributed by atoms with Crippen LogP contribution in [-0.4, -0.2) is 16.4 Å². The van der Waals surface area contributed by atoms with Crippen molar-refractivity contribution < 1.29 is 4.79 Å². The van der Waals surface area contributed by atoms with Crippen molar-refractivity contribution in [2.24, 2.45) is 0 Å². The van der Waals surface area contributed by atoms with Gasteiger partial charge in [0.1, 0.15) is 0 Å². The van der Waals surface area contributed by atoms with Crippen LogP contribution >= 0.6 is 0 Å². The maximum atomic E-state index is 12.6. The minimum Gasteiger partial charge on any atom is -0.347 e. The van der Waals surface area contributed by atoms with Gasteiger partial charge in [-0.05, 0) is 31.9 Å². The summed E-state index contributed by atoms with van der Waals surface area (Å²) in [5.74, 6) is -0.00120. The van der Waals surface area contributed by atoms with Crippen molar-refractivity contribution in [2.45, 2.75) is 44.6 Å². The lowest BCUT2D eigenvalue weighted by atomic mass is 9.83. The molecule has 1 aromatic carbocycles. The standard InChI is InChI=1S/C17H20N2O/c1-17(10-3-2-4-11-17)19-16(20)14-9-5-7-13-8-6-12-18-15(13)14/h5-9,12H,2-4,10-11H2,1H3,(H,19,20). The van der Waals surface area contributed by atoms with Gasteiger partial charge in [-0.15, -0.1) is 0 Å². The number of hydrogen-bond donors (Lipinski definition) is 1. The Kier molecular flexibility index (Phi) is 3.43. The van der Waals surface area contributed by atoms with Gasteiger partial charge in [0.2, 0.25) is 0 Å².